The van der Waals surface area contributed by atoms with E-state index < -0.39 is 12.2 Å². The Labute approximate surface area is 215 Å². The van der Waals surface area contributed by atoms with E-state index in [0.29, 0.717) is 12.4 Å². The van der Waals surface area contributed by atoms with Gasteiger partial charge in [0.15, 0.2) is 0 Å². The minimum absolute atomic E-state index is 0. The van der Waals surface area contributed by atoms with E-state index in [1.54, 1.807) is 6.07 Å². The number of nitro benzene ring substituents is 1. The Morgan fingerprint density at radius 1 is 0.765 bits per heavy atom. The Kier molecular flexibility index (Phi) is 9.23. The maximum Gasteiger partial charge on any atom is 0.271 e. The van der Waals surface area contributed by atoms with E-state index in [0.717, 1.165) is 12.6 Å². The number of nitrogens with zero attached hydrogens (tertiary/aromatic N) is 1. The van der Waals surface area contributed by atoms with Crippen molar-refractivity contribution < 1.29 is 26.6 Å². The monoisotopic (exact) mass is 555 g/mol. The summed E-state index contributed by atoms with van der Waals surface area (Å²) in [6.07, 6.45) is 1.73. The smallest absolute Gasteiger partial charge is 0.271 e. The van der Waals surface area contributed by atoms with Gasteiger partial charge in [0.2, 0.25) is 0 Å². The predicted octanol–water partition coefficient (Wildman–Crippen LogP) is 3.02. The molecule has 0 N–H and O–H groups in total. The van der Waals surface area contributed by atoms with Gasteiger partial charge in [-0.25, -0.2) is 0 Å². The second kappa shape index (κ2) is 12.1. The number of nitro groups is 1. The first-order valence-corrected chi connectivity index (χ1v) is 13.1. The molecule has 0 aromatic heterocycles. The third kappa shape index (κ3) is 5.67. The molecule has 0 aliphatic heterocycles. The van der Waals surface area contributed by atoms with Crippen molar-refractivity contribution in [2.75, 3.05) is 12.8 Å². The van der Waals surface area contributed by atoms with Crippen molar-refractivity contribution in [1.82, 2.24) is 0 Å². The maximum absolute atomic E-state index is 10.9. The molecule has 0 unspecified atom stereocenters. The summed E-state index contributed by atoms with van der Waals surface area (Å²) in [6, 6.07) is 36.4. The molecule has 0 atom stereocenters. The first-order chi connectivity index (χ1) is 16.1. The summed E-state index contributed by atoms with van der Waals surface area (Å²) in [4.78, 5) is 10.5. The minimum Gasteiger partial charge on any atom is -1.00 e. The van der Waals surface area contributed by atoms with Crippen molar-refractivity contribution in [3.8, 4) is 5.75 Å². The molecule has 0 saturated heterocycles. The van der Waals surface area contributed by atoms with Crippen LogP contribution >= 0.6 is 18.9 Å². The summed E-state index contributed by atoms with van der Waals surface area (Å²) in [5.74, 6) is 0.463. The number of benzene rings is 4. The number of ether oxygens (including phenoxy) is 1. The molecular weight excluding hydrogens is 533 g/mol. The fourth-order valence-corrected chi connectivity index (χ4v) is 8.63. The molecule has 0 aliphatic rings. The third-order valence-corrected chi connectivity index (χ3v) is 10.4. The van der Waals surface area contributed by atoms with Gasteiger partial charge in [0.1, 0.15) is 28.9 Å². The molecule has 174 valence electrons. The molecule has 0 spiro atoms. The maximum atomic E-state index is 10.9. The molecular formula is C27H24BrClNO3P. The van der Waals surface area contributed by atoms with Crippen LogP contribution in [0.4, 0.5) is 5.69 Å². The topological polar surface area (TPSA) is 52.4 Å². The van der Waals surface area contributed by atoms with Gasteiger partial charge < -0.3 is 21.7 Å². The number of hydrogen-bond acceptors (Lipinski definition) is 3. The van der Waals surface area contributed by atoms with E-state index >= 15 is 0 Å². The van der Waals surface area contributed by atoms with Gasteiger partial charge in [-0.2, -0.15) is 0 Å². The van der Waals surface area contributed by atoms with Crippen LogP contribution in [0.15, 0.2) is 109 Å². The summed E-state index contributed by atoms with van der Waals surface area (Å²) in [7, 11) is -1.91. The standard InChI is InChI=1S/C27H24ClNO3P.BrH/c28-26-21-22(29(30)31)17-18-27(26)32-19-10-20-33(23-11-4-1-5-12-23,24-13-6-2-7-14-24)25-15-8-3-9-16-25;/h1-9,11-18,21H,10,19-20H2;1H/q+1;/p-1. The van der Waals surface area contributed by atoms with Gasteiger partial charge >= 0.3 is 0 Å². The molecule has 4 rings (SSSR count). The summed E-state index contributed by atoms with van der Waals surface area (Å²) in [6.45, 7) is 0.464. The van der Waals surface area contributed by atoms with Crippen molar-refractivity contribution in [1.29, 1.82) is 0 Å². The highest BCUT2D eigenvalue weighted by atomic mass is 79.9. The zero-order valence-electron chi connectivity index (χ0n) is 18.4. The quantitative estimate of drug-likeness (QED) is 0.138. The van der Waals surface area contributed by atoms with E-state index in [4.69, 9.17) is 16.3 Å². The molecule has 0 radical (unpaired) electrons. The lowest BCUT2D eigenvalue weighted by Crippen LogP contribution is -3.00. The Hall–Kier alpha value is -2.72. The zero-order valence-corrected chi connectivity index (χ0v) is 21.6. The fraction of sp³-hybridized carbons (Fsp3) is 0.111. The first-order valence-electron chi connectivity index (χ1n) is 10.7. The van der Waals surface area contributed by atoms with E-state index in [9.17, 15) is 10.1 Å². The number of rotatable bonds is 9. The van der Waals surface area contributed by atoms with Gasteiger partial charge in [0.05, 0.1) is 22.7 Å². The molecule has 0 fully saturated rings. The summed E-state index contributed by atoms with van der Waals surface area (Å²) < 4.78 is 5.94. The van der Waals surface area contributed by atoms with E-state index in [2.05, 4.69) is 72.8 Å². The van der Waals surface area contributed by atoms with Crippen LogP contribution in [0.2, 0.25) is 5.02 Å². The van der Waals surface area contributed by atoms with Crippen molar-refractivity contribution in [2.45, 2.75) is 6.42 Å². The lowest BCUT2D eigenvalue weighted by molar-refractivity contribution is -0.384. The molecule has 0 heterocycles. The largest absolute Gasteiger partial charge is 1.00 e. The zero-order chi connectivity index (χ0) is 23.1. The average molecular weight is 557 g/mol. The van der Waals surface area contributed by atoms with Gasteiger partial charge in [0, 0.05) is 18.6 Å². The van der Waals surface area contributed by atoms with Crippen molar-refractivity contribution in [3.63, 3.8) is 0 Å². The van der Waals surface area contributed by atoms with Gasteiger partial charge in [-0.05, 0) is 42.5 Å². The van der Waals surface area contributed by atoms with Crippen molar-refractivity contribution in [3.05, 3.63) is 124 Å². The van der Waals surface area contributed by atoms with Crippen LogP contribution in [-0.2, 0) is 0 Å². The molecule has 34 heavy (non-hydrogen) atoms. The van der Waals surface area contributed by atoms with Gasteiger partial charge in [-0.15, -0.1) is 0 Å². The molecule has 7 heteroatoms. The van der Waals surface area contributed by atoms with Gasteiger partial charge in [-0.1, -0.05) is 66.2 Å². The average Bonchev–Trinajstić information content (AvgIpc) is 2.86. The number of hydrogen-bond donors (Lipinski definition) is 0. The van der Waals surface area contributed by atoms with Crippen LogP contribution in [0.3, 0.4) is 0 Å². The molecule has 4 nitrogen and oxygen atoms in total. The van der Waals surface area contributed by atoms with E-state index in [1.807, 2.05) is 18.2 Å². The van der Waals surface area contributed by atoms with Crippen LogP contribution in [0.1, 0.15) is 6.42 Å². The fourth-order valence-electron chi connectivity index (χ4n) is 4.09. The molecule has 0 bridgehead atoms. The Balaban J connectivity index is 0.00000324. The van der Waals surface area contributed by atoms with E-state index in [-0.39, 0.29) is 27.7 Å². The Bertz CT molecular complexity index is 1110. The lowest BCUT2D eigenvalue weighted by atomic mass is 10.3. The highest BCUT2D eigenvalue weighted by Gasteiger charge is 2.44. The first kappa shape index (κ1) is 25.9. The summed E-state index contributed by atoms with van der Waals surface area (Å²) >= 11 is 6.21. The molecule has 0 aliphatic carbocycles. The highest BCUT2D eigenvalue weighted by Crippen LogP contribution is 2.55. The molecule has 0 amide bonds. The third-order valence-electron chi connectivity index (χ3n) is 5.61. The highest BCUT2D eigenvalue weighted by molar-refractivity contribution is 7.95. The van der Waals surface area contributed by atoms with Crippen LogP contribution in [0, 0.1) is 10.1 Å². The van der Waals surface area contributed by atoms with Gasteiger partial charge in [-0.3, -0.25) is 10.1 Å². The summed E-state index contributed by atoms with van der Waals surface area (Å²) in [5.41, 5.74) is -0.0467. The second-order valence-electron chi connectivity index (χ2n) is 7.61. The predicted molar refractivity (Wildman–Crippen MR) is 138 cm³/mol. The number of non-ortho nitro benzene ring substituents is 1. The van der Waals surface area contributed by atoms with Crippen LogP contribution < -0.4 is 37.6 Å². The van der Waals surface area contributed by atoms with E-state index in [1.165, 1.54) is 28.0 Å². The SMILES string of the molecule is O=[N+]([O-])c1ccc(OCCC[P+](c2ccccc2)(c2ccccc2)c2ccccc2)c(Cl)c1.[Br-]. The summed E-state index contributed by atoms with van der Waals surface area (Å²) in [5, 5.41) is 15.2. The molecule has 4 aromatic rings. The van der Waals surface area contributed by atoms with Crippen molar-refractivity contribution >= 4 is 40.5 Å². The lowest BCUT2D eigenvalue weighted by Gasteiger charge is -2.27. The Morgan fingerprint density at radius 3 is 1.65 bits per heavy atom. The second-order valence-corrected chi connectivity index (χ2v) is 11.6. The minimum atomic E-state index is -1.91. The van der Waals surface area contributed by atoms with Crippen molar-refractivity contribution in [2.24, 2.45) is 0 Å². The number of halogens is 2. The van der Waals surface area contributed by atoms with Crippen LogP contribution in [-0.4, -0.2) is 17.7 Å². The molecule has 4 aromatic carbocycles. The Morgan fingerprint density at radius 2 is 1.24 bits per heavy atom. The normalized spacial score (nSPS) is 10.9. The van der Waals surface area contributed by atoms with Gasteiger partial charge in [0.25, 0.3) is 5.69 Å². The van der Waals surface area contributed by atoms with Crippen LogP contribution in [0.5, 0.6) is 5.75 Å². The molecule has 0 saturated carbocycles. The van der Waals surface area contributed by atoms with Crippen LogP contribution in [0.25, 0.3) is 0 Å².